The van der Waals surface area contributed by atoms with Gasteiger partial charge in [0.1, 0.15) is 6.10 Å². The standard InChI is InChI=1S/C29H28N2O6/c1-2-31-16-17-36-26(28(31)34)18-27(33)30-24-14-12-23(13-15-24)29(35)37-19-25(32)22-10-8-21(9-11-22)20-6-4-3-5-7-20/h3-15,26H,2,16-19H2,1H3,(H,30,33). The molecule has 8 nitrogen and oxygen atoms in total. The van der Waals surface area contributed by atoms with Gasteiger partial charge in [-0.3, -0.25) is 14.4 Å². The number of nitrogens with one attached hydrogen (secondary N) is 1. The number of amides is 2. The van der Waals surface area contributed by atoms with Crippen molar-refractivity contribution >= 4 is 29.3 Å². The van der Waals surface area contributed by atoms with E-state index >= 15 is 0 Å². The molecule has 1 aliphatic rings. The number of benzene rings is 3. The molecule has 2 amide bonds. The lowest BCUT2D eigenvalue weighted by Crippen LogP contribution is -2.48. The van der Waals surface area contributed by atoms with E-state index in [1.807, 2.05) is 49.4 Å². The quantitative estimate of drug-likeness (QED) is 0.352. The fourth-order valence-electron chi connectivity index (χ4n) is 4.00. The number of likely N-dealkylation sites (N-methyl/N-ethyl adjacent to an activating group) is 1. The number of rotatable bonds is 9. The van der Waals surface area contributed by atoms with Crippen LogP contribution in [0.1, 0.15) is 34.1 Å². The van der Waals surface area contributed by atoms with E-state index in [-0.39, 0.29) is 36.2 Å². The van der Waals surface area contributed by atoms with Gasteiger partial charge in [0.2, 0.25) is 5.91 Å². The summed E-state index contributed by atoms with van der Waals surface area (Å²) >= 11 is 0. The van der Waals surface area contributed by atoms with Crippen LogP contribution in [-0.4, -0.2) is 60.9 Å². The minimum Gasteiger partial charge on any atom is -0.454 e. The average Bonchev–Trinajstić information content (AvgIpc) is 2.93. The Bertz CT molecular complexity index is 1260. The Morgan fingerprint density at radius 1 is 0.919 bits per heavy atom. The Kier molecular flexibility index (Phi) is 8.43. The SMILES string of the molecule is CCN1CCOC(CC(=O)Nc2ccc(C(=O)OCC(=O)c3ccc(-c4ccccc4)cc3)cc2)C1=O. The Morgan fingerprint density at radius 2 is 1.57 bits per heavy atom. The monoisotopic (exact) mass is 500 g/mol. The predicted octanol–water partition coefficient (Wildman–Crippen LogP) is 3.97. The molecule has 3 aromatic rings. The number of esters is 1. The maximum atomic E-state index is 12.5. The fraction of sp³-hybridized carbons (Fsp3) is 0.241. The van der Waals surface area contributed by atoms with Crippen LogP contribution >= 0.6 is 0 Å². The summed E-state index contributed by atoms with van der Waals surface area (Å²) in [6, 6.07) is 23.0. The van der Waals surface area contributed by atoms with Crippen molar-refractivity contribution in [3.8, 4) is 11.1 Å². The number of hydrogen-bond donors (Lipinski definition) is 1. The molecule has 0 aromatic heterocycles. The predicted molar refractivity (Wildman–Crippen MR) is 138 cm³/mol. The summed E-state index contributed by atoms with van der Waals surface area (Å²) in [4.78, 5) is 51.2. The first kappa shape index (κ1) is 25.8. The second-order valence-corrected chi connectivity index (χ2v) is 8.55. The highest BCUT2D eigenvalue weighted by molar-refractivity contribution is 6.00. The molecule has 190 valence electrons. The first-order valence-corrected chi connectivity index (χ1v) is 12.1. The molecule has 1 fully saturated rings. The molecule has 1 heterocycles. The minimum atomic E-state index is -0.796. The minimum absolute atomic E-state index is 0.0897. The normalized spacial score (nSPS) is 15.2. The molecular formula is C29H28N2O6. The molecule has 0 bridgehead atoms. The molecule has 1 saturated heterocycles. The van der Waals surface area contributed by atoms with Crippen molar-refractivity contribution in [2.24, 2.45) is 0 Å². The molecule has 1 unspecified atom stereocenters. The zero-order chi connectivity index (χ0) is 26.2. The summed E-state index contributed by atoms with van der Waals surface area (Å²) < 4.78 is 10.6. The van der Waals surface area contributed by atoms with Crippen LogP contribution in [-0.2, 0) is 19.1 Å². The molecular weight excluding hydrogens is 472 g/mol. The lowest BCUT2D eigenvalue weighted by atomic mass is 10.0. The fourth-order valence-corrected chi connectivity index (χ4v) is 4.00. The van der Waals surface area contributed by atoms with Gasteiger partial charge in [0, 0.05) is 24.3 Å². The largest absolute Gasteiger partial charge is 0.454 e. The molecule has 0 aliphatic carbocycles. The van der Waals surface area contributed by atoms with Crippen LogP contribution in [0.4, 0.5) is 5.69 Å². The van der Waals surface area contributed by atoms with Gasteiger partial charge in [-0.15, -0.1) is 0 Å². The number of morpholine rings is 1. The molecule has 1 aliphatic heterocycles. The zero-order valence-electron chi connectivity index (χ0n) is 20.5. The highest BCUT2D eigenvalue weighted by atomic mass is 16.5. The Balaban J connectivity index is 1.26. The van der Waals surface area contributed by atoms with Gasteiger partial charge in [-0.05, 0) is 42.3 Å². The van der Waals surface area contributed by atoms with E-state index in [1.165, 1.54) is 12.1 Å². The van der Waals surface area contributed by atoms with Crippen molar-refractivity contribution in [2.45, 2.75) is 19.4 Å². The van der Waals surface area contributed by atoms with E-state index in [1.54, 1.807) is 29.2 Å². The number of carbonyl (C=O) groups excluding carboxylic acids is 4. The topological polar surface area (TPSA) is 102 Å². The van der Waals surface area contributed by atoms with Crippen LogP contribution in [0.15, 0.2) is 78.9 Å². The van der Waals surface area contributed by atoms with Crippen LogP contribution in [0.25, 0.3) is 11.1 Å². The number of carbonyl (C=O) groups is 4. The Hall–Kier alpha value is -4.30. The number of ketones is 1. The number of anilines is 1. The highest BCUT2D eigenvalue weighted by Crippen LogP contribution is 2.20. The third-order valence-electron chi connectivity index (χ3n) is 6.07. The van der Waals surface area contributed by atoms with E-state index in [0.717, 1.165) is 11.1 Å². The van der Waals surface area contributed by atoms with Crippen LogP contribution < -0.4 is 5.32 Å². The number of Topliss-reactive ketones (excluding diaryl/α,β-unsaturated/α-hetero) is 1. The average molecular weight is 501 g/mol. The summed E-state index contributed by atoms with van der Waals surface area (Å²) in [5.41, 5.74) is 3.20. The second kappa shape index (κ2) is 12.1. The molecule has 8 heteroatoms. The molecule has 1 N–H and O–H groups in total. The van der Waals surface area contributed by atoms with Gasteiger partial charge in [0.25, 0.3) is 5.91 Å². The lowest BCUT2D eigenvalue weighted by Gasteiger charge is -2.31. The molecule has 37 heavy (non-hydrogen) atoms. The van der Waals surface area contributed by atoms with Gasteiger partial charge >= 0.3 is 5.97 Å². The van der Waals surface area contributed by atoms with E-state index in [0.29, 0.717) is 30.9 Å². The number of nitrogens with zero attached hydrogens (tertiary/aromatic N) is 1. The number of ether oxygens (including phenoxy) is 2. The van der Waals surface area contributed by atoms with Crippen molar-refractivity contribution < 1.29 is 28.7 Å². The summed E-state index contributed by atoms with van der Waals surface area (Å²) in [6.45, 7) is 3.00. The molecule has 0 saturated carbocycles. The van der Waals surface area contributed by atoms with Crippen molar-refractivity contribution in [3.63, 3.8) is 0 Å². The first-order valence-electron chi connectivity index (χ1n) is 12.1. The highest BCUT2D eigenvalue weighted by Gasteiger charge is 2.30. The summed E-state index contributed by atoms with van der Waals surface area (Å²) in [6.07, 6.45) is -0.886. The zero-order valence-corrected chi connectivity index (χ0v) is 20.5. The Labute approximate surface area is 215 Å². The van der Waals surface area contributed by atoms with Crippen molar-refractivity contribution in [2.75, 3.05) is 31.6 Å². The molecule has 1 atom stereocenters. The van der Waals surface area contributed by atoms with E-state index in [9.17, 15) is 19.2 Å². The van der Waals surface area contributed by atoms with E-state index in [2.05, 4.69) is 5.32 Å². The first-order chi connectivity index (χ1) is 17.9. The second-order valence-electron chi connectivity index (χ2n) is 8.55. The van der Waals surface area contributed by atoms with Crippen LogP contribution in [0.5, 0.6) is 0 Å². The van der Waals surface area contributed by atoms with Gasteiger partial charge in [-0.1, -0.05) is 54.6 Å². The summed E-state index contributed by atoms with van der Waals surface area (Å²) in [5, 5.41) is 2.70. The third kappa shape index (κ3) is 6.68. The third-order valence-corrected chi connectivity index (χ3v) is 6.07. The molecule has 3 aromatic carbocycles. The van der Waals surface area contributed by atoms with Crippen molar-refractivity contribution in [1.82, 2.24) is 4.90 Å². The van der Waals surface area contributed by atoms with Crippen molar-refractivity contribution in [1.29, 1.82) is 0 Å². The van der Waals surface area contributed by atoms with Gasteiger partial charge < -0.3 is 19.7 Å². The molecule has 4 rings (SSSR count). The summed E-state index contributed by atoms with van der Waals surface area (Å²) in [5.74, 6) is -1.51. The van der Waals surface area contributed by atoms with E-state index in [4.69, 9.17) is 9.47 Å². The molecule has 0 spiro atoms. The van der Waals surface area contributed by atoms with Crippen molar-refractivity contribution in [3.05, 3.63) is 90.0 Å². The van der Waals surface area contributed by atoms with Gasteiger partial charge in [0.05, 0.1) is 18.6 Å². The maximum absolute atomic E-state index is 12.5. The van der Waals surface area contributed by atoms with Crippen LogP contribution in [0.3, 0.4) is 0 Å². The van der Waals surface area contributed by atoms with Crippen LogP contribution in [0, 0.1) is 0 Å². The Morgan fingerprint density at radius 3 is 2.24 bits per heavy atom. The molecule has 0 radical (unpaired) electrons. The van der Waals surface area contributed by atoms with Crippen LogP contribution in [0.2, 0.25) is 0 Å². The van der Waals surface area contributed by atoms with Gasteiger partial charge in [0.15, 0.2) is 12.4 Å². The van der Waals surface area contributed by atoms with Gasteiger partial charge in [-0.2, -0.15) is 0 Å². The van der Waals surface area contributed by atoms with Gasteiger partial charge in [-0.25, -0.2) is 4.79 Å². The maximum Gasteiger partial charge on any atom is 0.338 e. The number of hydrogen-bond acceptors (Lipinski definition) is 6. The summed E-state index contributed by atoms with van der Waals surface area (Å²) in [7, 11) is 0. The lowest BCUT2D eigenvalue weighted by molar-refractivity contribution is -0.154. The smallest absolute Gasteiger partial charge is 0.338 e. The van der Waals surface area contributed by atoms with E-state index < -0.39 is 12.1 Å².